The molecule has 1 aliphatic rings. The quantitative estimate of drug-likeness (QED) is 0.834. The molecule has 0 spiro atoms. The van der Waals surface area contributed by atoms with Gasteiger partial charge in [0, 0.05) is 19.2 Å². The Bertz CT molecular complexity index is 665. The zero-order valence-corrected chi connectivity index (χ0v) is 13.1. The molecule has 1 saturated heterocycles. The first-order valence-corrected chi connectivity index (χ1v) is 7.93. The van der Waals surface area contributed by atoms with Gasteiger partial charge in [-0.05, 0) is 6.07 Å². The summed E-state index contributed by atoms with van der Waals surface area (Å²) in [6.07, 6.45) is 0. The molecule has 8 nitrogen and oxygen atoms in total. The number of carboxylic acid groups (broad SMARTS) is 1. The lowest BCUT2D eigenvalue weighted by Gasteiger charge is -2.26. The summed E-state index contributed by atoms with van der Waals surface area (Å²) in [5.74, 6) is -1.26. The molecule has 1 fully saturated rings. The third kappa shape index (κ3) is 3.01. The van der Waals surface area contributed by atoms with Crippen molar-refractivity contribution in [2.24, 2.45) is 0 Å². The van der Waals surface area contributed by atoms with Gasteiger partial charge in [-0.2, -0.15) is 4.31 Å². The van der Waals surface area contributed by atoms with E-state index in [1.807, 2.05) is 0 Å². The molecule has 0 aromatic heterocycles. The Morgan fingerprint density at radius 2 is 1.86 bits per heavy atom. The zero-order valence-electron chi connectivity index (χ0n) is 12.2. The number of methoxy groups -OCH3 is 2. The summed E-state index contributed by atoms with van der Waals surface area (Å²) in [5, 5.41) is 9.25. The van der Waals surface area contributed by atoms with Crippen LogP contribution in [0.1, 0.15) is 10.4 Å². The van der Waals surface area contributed by atoms with Crippen LogP contribution >= 0.6 is 0 Å². The van der Waals surface area contributed by atoms with Crippen molar-refractivity contribution in [3.05, 3.63) is 17.7 Å². The molecule has 1 aromatic rings. The number of benzene rings is 1. The number of hydrogen-bond acceptors (Lipinski definition) is 6. The van der Waals surface area contributed by atoms with E-state index in [2.05, 4.69) is 0 Å². The maximum Gasteiger partial charge on any atom is 0.339 e. The van der Waals surface area contributed by atoms with Crippen LogP contribution in [0.3, 0.4) is 0 Å². The summed E-state index contributed by atoms with van der Waals surface area (Å²) < 4.78 is 41.7. The second-order valence-electron chi connectivity index (χ2n) is 4.53. The minimum absolute atomic E-state index is 0.0177. The van der Waals surface area contributed by atoms with Crippen LogP contribution in [0.25, 0.3) is 0 Å². The van der Waals surface area contributed by atoms with Gasteiger partial charge in [-0.25, -0.2) is 13.2 Å². The normalized spacial score (nSPS) is 16.3. The summed E-state index contributed by atoms with van der Waals surface area (Å²) >= 11 is 0. The summed E-state index contributed by atoms with van der Waals surface area (Å²) in [4.78, 5) is 11.2. The SMILES string of the molecule is COc1cc(S(=O)(=O)N2CCOCC2)cc(C(=O)O)c1OC. The van der Waals surface area contributed by atoms with Crippen molar-refractivity contribution >= 4 is 16.0 Å². The average Bonchev–Trinajstić information content (AvgIpc) is 2.54. The molecular weight excluding hydrogens is 314 g/mol. The van der Waals surface area contributed by atoms with E-state index in [-0.39, 0.29) is 35.0 Å². The summed E-state index contributed by atoms with van der Waals surface area (Å²) in [6.45, 7) is 1.05. The van der Waals surface area contributed by atoms with Gasteiger partial charge in [0.1, 0.15) is 5.56 Å². The maximum absolute atomic E-state index is 12.6. The van der Waals surface area contributed by atoms with Gasteiger partial charge in [-0.3, -0.25) is 0 Å². The lowest BCUT2D eigenvalue weighted by molar-refractivity contribution is 0.0691. The van der Waals surface area contributed by atoms with Gasteiger partial charge < -0.3 is 19.3 Å². The number of sulfonamides is 1. The minimum atomic E-state index is -3.82. The van der Waals surface area contributed by atoms with Crippen molar-refractivity contribution in [2.75, 3.05) is 40.5 Å². The Morgan fingerprint density at radius 1 is 1.23 bits per heavy atom. The van der Waals surface area contributed by atoms with E-state index in [4.69, 9.17) is 14.2 Å². The van der Waals surface area contributed by atoms with Crippen LogP contribution in [0.15, 0.2) is 17.0 Å². The number of carbonyl (C=O) groups is 1. The highest BCUT2D eigenvalue weighted by Gasteiger charge is 2.29. The fraction of sp³-hybridized carbons (Fsp3) is 0.462. The standard InChI is InChI=1S/C13H17NO7S/c1-19-11-8-9(7-10(13(15)16)12(11)20-2)22(17,18)14-3-5-21-6-4-14/h7-8H,3-6H2,1-2H3,(H,15,16). The van der Waals surface area contributed by atoms with Crippen molar-refractivity contribution in [1.82, 2.24) is 4.31 Å². The Hall–Kier alpha value is -1.84. The molecule has 1 heterocycles. The van der Waals surface area contributed by atoms with Gasteiger partial charge in [0.2, 0.25) is 10.0 Å². The molecule has 0 bridgehead atoms. The molecule has 0 amide bonds. The molecule has 1 aliphatic heterocycles. The molecule has 22 heavy (non-hydrogen) atoms. The van der Waals surface area contributed by atoms with Gasteiger partial charge in [0.15, 0.2) is 11.5 Å². The second-order valence-corrected chi connectivity index (χ2v) is 6.47. The van der Waals surface area contributed by atoms with Crippen LogP contribution in [0, 0.1) is 0 Å². The van der Waals surface area contributed by atoms with Gasteiger partial charge in [-0.1, -0.05) is 0 Å². The second kappa shape index (κ2) is 6.51. The first kappa shape index (κ1) is 16.5. The molecule has 122 valence electrons. The summed E-state index contributed by atoms with van der Waals surface area (Å²) in [6, 6.07) is 2.34. The van der Waals surface area contributed by atoms with Crippen molar-refractivity contribution < 1.29 is 32.5 Å². The lowest BCUT2D eigenvalue weighted by atomic mass is 10.2. The van der Waals surface area contributed by atoms with Gasteiger partial charge in [0.05, 0.1) is 32.3 Å². The fourth-order valence-electron chi connectivity index (χ4n) is 2.18. The van der Waals surface area contributed by atoms with E-state index in [1.165, 1.54) is 24.6 Å². The molecule has 2 rings (SSSR count). The Labute approximate surface area is 128 Å². The number of nitrogens with zero attached hydrogens (tertiary/aromatic N) is 1. The number of carboxylic acids is 1. The van der Waals surface area contributed by atoms with Crippen LogP contribution < -0.4 is 9.47 Å². The number of rotatable bonds is 5. The van der Waals surface area contributed by atoms with E-state index in [1.54, 1.807) is 0 Å². The van der Waals surface area contributed by atoms with Crippen LogP contribution in [0.5, 0.6) is 11.5 Å². The molecule has 1 aromatic carbocycles. The largest absolute Gasteiger partial charge is 0.493 e. The zero-order chi connectivity index (χ0) is 16.3. The van der Waals surface area contributed by atoms with Gasteiger partial charge in [0.25, 0.3) is 0 Å². The molecule has 0 aliphatic carbocycles. The predicted molar refractivity (Wildman–Crippen MR) is 76.1 cm³/mol. The number of aromatic carboxylic acids is 1. The van der Waals surface area contributed by atoms with E-state index < -0.39 is 16.0 Å². The Balaban J connectivity index is 2.55. The molecule has 0 atom stereocenters. The maximum atomic E-state index is 12.6. The predicted octanol–water partition coefficient (Wildman–Crippen LogP) is 0.423. The highest BCUT2D eigenvalue weighted by atomic mass is 32.2. The topological polar surface area (TPSA) is 102 Å². The molecule has 0 unspecified atom stereocenters. The molecular formula is C13H17NO7S. The van der Waals surface area contributed by atoms with E-state index in [0.717, 1.165) is 6.07 Å². The average molecular weight is 331 g/mol. The van der Waals surface area contributed by atoms with Crippen LogP contribution in [0.2, 0.25) is 0 Å². The summed E-state index contributed by atoms with van der Waals surface area (Å²) in [5.41, 5.74) is -0.270. The van der Waals surface area contributed by atoms with E-state index >= 15 is 0 Å². The Morgan fingerprint density at radius 3 is 2.36 bits per heavy atom. The van der Waals surface area contributed by atoms with Crippen molar-refractivity contribution in [1.29, 1.82) is 0 Å². The first-order chi connectivity index (χ1) is 10.4. The first-order valence-electron chi connectivity index (χ1n) is 6.49. The highest BCUT2D eigenvalue weighted by Crippen LogP contribution is 2.35. The number of ether oxygens (including phenoxy) is 3. The molecule has 9 heteroatoms. The van der Waals surface area contributed by atoms with Gasteiger partial charge in [-0.15, -0.1) is 0 Å². The number of hydrogen-bond donors (Lipinski definition) is 1. The van der Waals surface area contributed by atoms with Crippen LogP contribution in [-0.2, 0) is 14.8 Å². The van der Waals surface area contributed by atoms with Gasteiger partial charge >= 0.3 is 5.97 Å². The molecule has 0 radical (unpaired) electrons. The smallest absolute Gasteiger partial charge is 0.339 e. The van der Waals surface area contributed by atoms with Crippen molar-refractivity contribution in [3.8, 4) is 11.5 Å². The molecule has 0 saturated carbocycles. The molecule has 1 N–H and O–H groups in total. The van der Waals surface area contributed by atoms with E-state index in [9.17, 15) is 18.3 Å². The number of morpholine rings is 1. The summed E-state index contributed by atoms with van der Waals surface area (Å²) in [7, 11) is -1.21. The highest BCUT2D eigenvalue weighted by molar-refractivity contribution is 7.89. The minimum Gasteiger partial charge on any atom is -0.493 e. The van der Waals surface area contributed by atoms with Crippen molar-refractivity contribution in [2.45, 2.75) is 4.90 Å². The van der Waals surface area contributed by atoms with Crippen LogP contribution in [-0.4, -0.2) is 64.3 Å². The lowest BCUT2D eigenvalue weighted by Crippen LogP contribution is -2.40. The van der Waals surface area contributed by atoms with Crippen LogP contribution in [0.4, 0.5) is 0 Å². The Kier molecular flexibility index (Phi) is 4.89. The third-order valence-electron chi connectivity index (χ3n) is 3.29. The van der Waals surface area contributed by atoms with Crippen molar-refractivity contribution in [3.63, 3.8) is 0 Å². The monoisotopic (exact) mass is 331 g/mol. The third-order valence-corrected chi connectivity index (χ3v) is 5.17. The van der Waals surface area contributed by atoms with E-state index in [0.29, 0.717) is 13.2 Å². The fourth-order valence-corrected chi connectivity index (χ4v) is 3.63.